The predicted octanol–water partition coefficient (Wildman–Crippen LogP) is 3.74. The molecule has 0 unspecified atom stereocenters. The third kappa shape index (κ3) is 6.00. The lowest BCUT2D eigenvalue weighted by molar-refractivity contribution is -0.113. The molecule has 0 aliphatic heterocycles. The molecule has 0 saturated heterocycles. The second-order valence-electron chi connectivity index (χ2n) is 6.72. The molecule has 0 saturated carbocycles. The number of nitrogens with one attached hydrogen (secondary N) is 1. The van der Waals surface area contributed by atoms with Gasteiger partial charge in [0, 0.05) is 19.2 Å². The number of nitrogens with zero attached hydrogens (tertiary/aromatic N) is 3. The number of rotatable bonds is 10. The summed E-state index contributed by atoms with van der Waals surface area (Å²) in [6.07, 6.45) is 2.76. The van der Waals surface area contributed by atoms with E-state index in [1.807, 2.05) is 48.0 Å². The highest BCUT2D eigenvalue weighted by Crippen LogP contribution is 2.19. The Bertz CT molecular complexity index is 956. The summed E-state index contributed by atoms with van der Waals surface area (Å²) in [6, 6.07) is 15.4. The highest BCUT2D eigenvalue weighted by molar-refractivity contribution is 7.99. The Morgan fingerprint density at radius 1 is 0.967 bits per heavy atom. The number of benzene rings is 2. The number of aryl methyl sites for hydroxylation is 2. The predicted molar refractivity (Wildman–Crippen MR) is 118 cm³/mol. The molecule has 1 aromatic heterocycles. The minimum Gasteiger partial charge on any atom is -0.497 e. The van der Waals surface area contributed by atoms with E-state index in [4.69, 9.17) is 9.47 Å². The summed E-state index contributed by atoms with van der Waals surface area (Å²) >= 11 is 1.38. The summed E-state index contributed by atoms with van der Waals surface area (Å²) in [4.78, 5) is 12.2. The van der Waals surface area contributed by atoms with Crippen LogP contribution in [0.15, 0.2) is 53.7 Å². The number of hydrogen-bond donors (Lipinski definition) is 1. The smallest absolute Gasteiger partial charge is 0.234 e. The zero-order valence-electron chi connectivity index (χ0n) is 17.4. The molecule has 0 bridgehead atoms. The van der Waals surface area contributed by atoms with E-state index in [1.165, 1.54) is 17.3 Å². The number of amides is 1. The van der Waals surface area contributed by atoms with E-state index < -0.39 is 0 Å². The topological polar surface area (TPSA) is 78.3 Å². The standard InChI is InChI=1S/C22H26N4O3S/c1-26-20(6-4-5-16-7-11-18(28-2)12-8-16)24-25-22(26)30-15-21(27)23-17-9-13-19(29-3)14-10-17/h7-14H,4-6,15H2,1-3H3,(H,23,27). The van der Waals surface area contributed by atoms with E-state index in [1.54, 1.807) is 14.2 Å². The Morgan fingerprint density at radius 2 is 1.60 bits per heavy atom. The molecule has 0 fully saturated rings. The fourth-order valence-electron chi connectivity index (χ4n) is 2.93. The summed E-state index contributed by atoms with van der Waals surface area (Å²) in [5, 5.41) is 12.1. The first-order valence-corrected chi connectivity index (χ1v) is 10.7. The lowest BCUT2D eigenvalue weighted by Gasteiger charge is -2.07. The first-order chi connectivity index (χ1) is 14.6. The molecule has 2 aromatic carbocycles. The molecule has 0 aliphatic carbocycles. The van der Waals surface area contributed by atoms with Crippen molar-refractivity contribution in [2.75, 3.05) is 25.3 Å². The maximum absolute atomic E-state index is 12.2. The van der Waals surface area contributed by atoms with E-state index in [9.17, 15) is 4.79 Å². The van der Waals surface area contributed by atoms with Crippen LogP contribution in [0.25, 0.3) is 0 Å². The van der Waals surface area contributed by atoms with Gasteiger partial charge in [-0.3, -0.25) is 4.79 Å². The van der Waals surface area contributed by atoms with Gasteiger partial charge in [0.25, 0.3) is 0 Å². The quantitative estimate of drug-likeness (QED) is 0.498. The minimum atomic E-state index is -0.0887. The summed E-state index contributed by atoms with van der Waals surface area (Å²) in [5.41, 5.74) is 2.00. The number of methoxy groups -OCH3 is 2. The van der Waals surface area contributed by atoms with Crippen LogP contribution in [0, 0.1) is 0 Å². The van der Waals surface area contributed by atoms with Gasteiger partial charge in [0.15, 0.2) is 5.16 Å². The first kappa shape index (κ1) is 21.7. The fraction of sp³-hybridized carbons (Fsp3) is 0.318. The van der Waals surface area contributed by atoms with Gasteiger partial charge in [-0.15, -0.1) is 10.2 Å². The van der Waals surface area contributed by atoms with Crippen LogP contribution in [-0.4, -0.2) is 40.6 Å². The molecule has 1 N–H and O–H groups in total. The molecule has 7 nitrogen and oxygen atoms in total. The molecule has 3 aromatic rings. The molecule has 1 amide bonds. The molecule has 158 valence electrons. The van der Waals surface area contributed by atoms with Crippen molar-refractivity contribution in [3.05, 3.63) is 59.9 Å². The number of thioether (sulfide) groups is 1. The minimum absolute atomic E-state index is 0.0887. The van der Waals surface area contributed by atoms with Crippen LogP contribution in [0.5, 0.6) is 11.5 Å². The first-order valence-electron chi connectivity index (χ1n) is 9.67. The number of hydrogen-bond acceptors (Lipinski definition) is 6. The molecule has 1 heterocycles. The van der Waals surface area contributed by atoms with Crippen LogP contribution in [0.1, 0.15) is 17.8 Å². The Kier molecular flexibility index (Phi) is 7.73. The maximum Gasteiger partial charge on any atom is 0.234 e. The van der Waals surface area contributed by atoms with Crippen molar-refractivity contribution in [1.82, 2.24) is 14.8 Å². The van der Waals surface area contributed by atoms with Crippen molar-refractivity contribution in [3.63, 3.8) is 0 Å². The molecule has 0 atom stereocenters. The van der Waals surface area contributed by atoms with Crippen molar-refractivity contribution < 1.29 is 14.3 Å². The molecule has 30 heavy (non-hydrogen) atoms. The summed E-state index contributed by atoms with van der Waals surface area (Å²) in [6.45, 7) is 0. The number of carbonyl (C=O) groups is 1. The Balaban J connectivity index is 1.45. The van der Waals surface area contributed by atoms with Gasteiger partial charge in [0.05, 0.1) is 20.0 Å². The summed E-state index contributed by atoms with van der Waals surface area (Å²) in [7, 11) is 5.21. The van der Waals surface area contributed by atoms with Gasteiger partial charge >= 0.3 is 0 Å². The third-order valence-corrected chi connectivity index (χ3v) is 5.68. The zero-order valence-corrected chi connectivity index (χ0v) is 18.2. The molecule has 0 aliphatic rings. The van der Waals surface area contributed by atoms with Gasteiger partial charge in [-0.25, -0.2) is 0 Å². The molecular weight excluding hydrogens is 400 g/mol. The lowest BCUT2D eigenvalue weighted by Crippen LogP contribution is -2.14. The average Bonchev–Trinajstić information content (AvgIpc) is 3.13. The Morgan fingerprint density at radius 3 is 2.23 bits per heavy atom. The normalized spacial score (nSPS) is 10.6. The lowest BCUT2D eigenvalue weighted by atomic mass is 10.1. The van der Waals surface area contributed by atoms with E-state index in [2.05, 4.69) is 27.6 Å². The van der Waals surface area contributed by atoms with Gasteiger partial charge in [-0.1, -0.05) is 23.9 Å². The van der Waals surface area contributed by atoms with Crippen LogP contribution in [-0.2, 0) is 24.7 Å². The third-order valence-electron chi connectivity index (χ3n) is 4.66. The molecule has 8 heteroatoms. The molecule has 0 spiro atoms. The highest BCUT2D eigenvalue weighted by Gasteiger charge is 2.12. The number of anilines is 1. The Hall–Kier alpha value is -3.00. The number of carbonyl (C=O) groups excluding carboxylic acids is 1. The maximum atomic E-state index is 12.2. The largest absolute Gasteiger partial charge is 0.497 e. The van der Waals surface area contributed by atoms with Crippen molar-refractivity contribution >= 4 is 23.4 Å². The SMILES string of the molecule is COc1ccc(CCCc2nnc(SCC(=O)Nc3ccc(OC)cc3)n2C)cc1. The van der Waals surface area contributed by atoms with Crippen molar-refractivity contribution in [2.45, 2.75) is 24.4 Å². The van der Waals surface area contributed by atoms with Crippen molar-refractivity contribution in [1.29, 1.82) is 0 Å². The number of aromatic nitrogens is 3. The fourth-order valence-corrected chi connectivity index (χ4v) is 3.66. The van der Waals surface area contributed by atoms with Crippen LogP contribution < -0.4 is 14.8 Å². The Labute approximate surface area is 180 Å². The second-order valence-corrected chi connectivity index (χ2v) is 7.67. The monoisotopic (exact) mass is 426 g/mol. The molecular formula is C22H26N4O3S. The van der Waals surface area contributed by atoms with E-state index in [0.717, 1.165) is 47.4 Å². The van der Waals surface area contributed by atoms with Crippen LogP contribution >= 0.6 is 11.8 Å². The van der Waals surface area contributed by atoms with Gasteiger partial charge in [0.1, 0.15) is 17.3 Å². The second kappa shape index (κ2) is 10.7. The van der Waals surface area contributed by atoms with Crippen LogP contribution in [0.4, 0.5) is 5.69 Å². The molecule has 3 rings (SSSR count). The number of ether oxygens (including phenoxy) is 2. The van der Waals surface area contributed by atoms with Crippen LogP contribution in [0.2, 0.25) is 0 Å². The van der Waals surface area contributed by atoms with E-state index in [-0.39, 0.29) is 11.7 Å². The van der Waals surface area contributed by atoms with Gasteiger partial charge in [0.2, 0.25) is 5.91 Å². The molecule has 0 radical (unpaired) electrons. The summed E-state index contributed by atoms with van der Waals surface area (Å²) in [5.74, 6) is 2.71. The van der Waals surface area contributed by atoms with Gasteiger partial charge < -0.3 is 19.4 Å². The average molecular weight is 427 g/mol. The zero-order chi connectivity index (χ0) is 21.3. The van der Waals surface area contributed by atoms with E-state index >= 15 is 0 Å². The van der Waals surface area contributed by atoms with E-state index in [0.29, 0.717) is 0 Å². The highest BCUT2D eigenvalue weighted by atomic mass is 32.2. The van der Waals surface area contributed by atoms with Gasteiger partial charge in [-0.2, -0.15) is 0 Å². The summed E-state index contributed by atoms with van der Waals surface area (Å²) < 4.78 is 12.3. The van der Waals surface area contributed by atoms with Gasteiger partial charge in [-0.05, 0) is 54.8 Å². The van der Waals surface area contributed by atoms with Crippen molar-refractivity contribution in [2.24, 2.45) is 7.05 Å². The van der Waals surface area contributed by atoms with Crippen molar-refractivity contribution in [3.8, 4) is 11.5 Å². The van der Waals surface area contributed by atoms with Crippen LogP contribution in [0.3, 0.4) is 0 Å².